The smallest absolute Gasteiger partial charge is 0.262 e. The maximum atomic E-state index is 13.2. The summed E-state index contributed by atoms with van der Waals surface area (Å²) in [6.07, 6.45) is -0.421. The van der Waals surface area contributed by atoms with Gasteiger partial charge in [-0.3, -0.25) is 15.0 Å². The molecule has 25 heavy (non-hydrogen) atoms. The normalized spacial score (nSPS) is 22.8. The largest absolute Gasteiger partial charge is 0.339 e. The molecule has 3 rings (SSSR count). The molecule has 0 saturated carbocycles. The fourth-order valence-corrected chi connectivity index (χ4v) is 3.13. The number of carbonyl (C=O) groups is 1. The van der Waals surface area contributed by atoms with E-state index in [9.17, 15) is 18.0 Å². The molecule has 1 N–H and O–H groups in total. The molecule has 2 aliphatic rings. The molecular formula is C16H22Cl2F3N3O. The van der Waals surface area contributed by atoms with Crippen LogP contribution in [0.15, 0.2) is 24.3 Å². The van der Waals surface area contributed by atoms with E-state index in [2.05, 4.69) is 10.2 Å². The molecule has 0 aliphatic carbocycles. The first-order chi connectivity index (χ1) is 10.9. The highest BCUT2D eigenvalue weighted by atomic mass is 35.5. The topological polar surface area (TPSA) is 35.6 Å². The van der Waals surface area contributed by atoms with Crippen LogP contribution < -0.4 is 5.32 Å². The summed E-state index contributed by atoms with van der Waals surface area (Å²) in [5.41, 5.74) is 0.891. The van der Waals surface area contributed by atoms with Gasteiger partial charge in [0.25, 0.3) is 5.92 Å². The number of halogens is 5. The van der Waals surface area contributed by atoms with Gasteiger partial charge in [-0.1, -0.05) is 12.1 Å². The summed E-state index contributed by atoms with van der Waals surface area (Å²) >= 11 is 0. The van der Waals surface area contributed by atoms with Crippen LogP contribution in [0.1, 0.15) is 12.0 Å². The average molecular weight is 400 g/mol. The summed E-state index contributed by atoms with van der Waals surface area (Å²) in [4.78, 5) is 16.0. The third-order valence-electron chi connectivity index (χ3n) is 4.39. The van der Waals surface area contributed by atoms with Gasteiger partial charge in [-0.05, 0) is 17.7 Å². The SMILES string of the molecule is Cl.Cl.O=C([C@@H]1CC(F)(F)CN1)N1CCN(Cc2cccc(F)c2)CC1. The quantitative estimate of drug-likeness (QED) is 0.846. The molecule has 142 valence electrons. The summed E-state index contributed by atoms with van der Waals surface area (Å²) in [7, 11) is 0. The second-order valence-electron chi connectivity index (χ2n) is 6.22. The standard InChI is InChI=1S/C16H20F3N3O.2ClH/c17-13-3-1-2-12(8-13)10-21-4-6-22(7-5-21)15(23)14-9-16(18,19)11-20-14;;/h1-3,8,14,20H,4-7,9-11H2;2*1H/t14-;;/m0../s1. The van der Waals surface area contributed by atoms with Gasteiger partial charge in [0.1, 0.15) is 5.82 Å². The molecule has 2 saturated heterocycles. The molecule has 1 amide bonds. The second-order valence-corrected chi connectivity index (χ2v) is 6.22. The van der Waals surface area contributed by atoms with Crippen LogP contribution in [-0.4, -0.2) is 60.4 Å². The molecule has 1 aromatic carbocycles. The van der Waals surface area contributed by atoms with Crippen LogP contribution in [0.2, 0.25) is 0 Å². The molecule has 0 radical (unpaired) electrons. The van der Waals surface area contributed by atoms with E-state index in [-0.39, 0.29) is 36.5 Å². The van der Waals surface area contributed by atoms with Gasteiger partial charge in [0, 0.05) is 39.1 Å². The monoisotopic (exact) mass is 399 g/mol. The zero-order valence-corrected chi connectivity index (χ0v) is 15.2. The highest BCUT2D eigenvalue weighted by molar-refractivity contribution is 5.85. The van der Waals surface area contributed by atoms with E-state index in [0.717, 1.165) is 5.56 Å². The molecule has 4 nitrogen and oxygen atoms in total. The minimum atomic E-state index is -2.79. The lowest BCUT2D eigenvalue weighted by molar-refractivity contribution is -0.135. The van der Waals surface area contributed by atoms with Gasteiger partial charge < -0.3 is 4.90 Å². The Hall–Kier alpha value is -1.02. The van der Waals surface area contributed by atoms with Crippen LogP contribution in [0.3, 0.4) is 0 Å². The van der Waals surface area contributed by atoms with E-state index < -0.39 is 24.9 Å². The predicted octanol–water partition coefficient (Wildman–Crippen LogP) is 2.31. The first-order valence-electron chi connectivity index (χ1n) is 7.80. The van der Waals surface area contributed by atoms with Crippen LogP contribution in [0.5, 0.6) is 0 Å². The Morgan fingerprint density at radius 3 is 2.44 bits per heavy atom. The molecule has 1 aromatic rings. The third kappa shape index (κ3) is 5.74. The van der Waals surface area contributed by atoms with Crippen molar-refractivity contribution in [1.29, 1.82) is 0 Å². The second kappa shape index (κ2) is 9.07. The van der Waals surface area contributed by atoms with Gasteiger partial charge in [-0.2, -0.15) is 0 Å². The number of piperazine rings is 1. The number of hydrogen-bond acceptors (Lipinski definition) is 3. The van der Waals surface area contributed by atoms with Crippen molar-refractivity contribution in [2.75, 3.05) is 32.7 Å². The van der Waals surface area contributed by atoms with E-state index in [1.807, 2.05) is 6.07 Å². The minimum absolute atomic E-state index is 0. The van der Waals surface area contributed by atoms with E-state index in [4.69, 9.17) is 0 Å². The van der Waals surface area contributed by atoms with Crippen molar-refractivity contribution in [3.05, 3.63) is 35.6 Å². The number of rotatable bonds is 3. The number of alkyl halides is 2. The maximum absolute atomic E-state index is 13.2. The van der Waals surface area contributed by atoms with Crippen LogP contribution in [0.25, 0.3) is 0 Å². The number of nitrogens with one attached hydrogen (secondary N) is 1. The predicted molar refractivity (Wildman–Crippen MR) is 94.1 cm³/mol. The Morgan fingerprint density at radius 2 is 1.88 bits per heavy atom. The van der Waals surface area contributed by atoms with Crippen molar-refractivity contribution in [1.82, 2.24) is 15.1 Å². The number of amides is 1. The highest BCUT2D eigenvalue weighted by Crippen LogP contribution is 2.26. The molecule has 1 atom stereocenters. The molecule has 0 aromatic heterocycles. The molecule has 9 heteroatoms. The maximum Gasteiger partial charge on any atom is 0.262 e. The molecule has 0 bridgehead atoms. The summed E-state index contributed by atoms with van der Waals surface area (Å²) in [5.74, 6) is -3.29. The van der Waals surface area contributed by atoms with Crippen LogP contribution >= 0.6 is 24.8 Å². The first kappa shape index (κ1) is 22.0. The van der Waals surface area contributed by atoms with Gasteiger partial charge in [-0.15, -0.1) is 24.8 Å². The fourth-order valence-electron chi connectivity index (χ4n) is 3.13. The van der Waals surface area contributed by atoms with E-state index in [0.29, 0.717) is 32.7 Å². The molecule has 0 unspecified atom stereocenters. The summed E-state index contributed by atoms with van der Waals surface area (Å²) in [6.45, 7) is 2.54. The van der Waals surface area contributed by atoms with Crippen LogP contribution in [0, 0.1) is 5.82 Å². The van der Waals surface area contributed by atoms with Crippen molar-refractivity contribution < 1.29 is 18.0 Å². The number of hydrogen-bond donors (Lipinski definition) is 1. The zero-order chi connectivity index (χ0) is 16.4. The van der Waals surface area contributed by atoms with Crippen LogP contribution in [-0.2, 0) is 11.3 Å². The van der Waals surface area contributed by atoms with Crippen molar-refractivity contribution >= 4 is 30.7 Å². The highest BCUT2D eigenvalue weighted by Gasteiger charge is 2.43. The Kier molecular flexibility index (Phi) is 7.99. The summed E-state index contributed by atoms with van der Waals surface area (Å²) < 4.78 is 39.6. The summed E-state index contributed by atoms with van der Waals surface area (Å²) in [6, 6.07) is 5.67. The molecule has 2 heterocycles. The Bertz CT molecular complexity index is 583. The van der Waals surface area contributed by atoms with Gasteiger partial charge >= 0.3 is 0 Å². The average Bonchev–Trinajstić information content (AvgIpc) is 2.87. The van der Waals surface area contributed by atoms with Gasteiger partial charge in [0.2, 0.25) is 5.91 Å². The van der Waals surface area contributed by atoms with Gasteiger partial charge in [-0.25, -0.2) is 13.2 Å². The van der Waals surface area contributed by atoms with Crippen molar-refractivity contribution in [3.8, 4) is 0 Å². The Morgan fingerprint density at radius 1 is 1.20 bits per heavy atom. The van der Waals surface area contributed by atoms with E-state index in [1.54, 1.807) is 11.0 Å². The van der Waals surface area contributed by atoms with Gasteiger partial charge in [0.15, 0.2) is 0 Å². The van der Waals surface area contributed by atoms with Gasteiger partial charge in [0.05, 0.1) is 12.6 Å². The fraction of sp³-hybridized carbons (Fsp3) is 0.562. The Balaban J connectivity index is 0.00000156. The third-order valence-corrected chi connectivity index (χ3v) is 4.39. The van der Waals surface area contributed by atoms with E-state index in [1.165, 1.54) is 12.1 Å². The Labute approximate surface area is 157 Å². The lowest BCUT2D eigenvalue weighted by atomic mass is 10.1. The summed E-state index contributed by atoms with van der Waals surface area (Å²) in [5, 5.41) is 2.60. The number of nitrogens with zero attached hydrogens (tertiary/aromatic N) is 2. The number of benzene rings is 1. The molecule has 2 aliphatic heterocycles. The van der Waals surface area contributed by atoms with Crippen LogP contribution in [0.4, 0.5) is 13.2 Å². The van der Waals surface area contributed by atoms with E-state index >= 15 is 0 Å². The lowest BCUT2D eigenvalue weighted by Gasteiger charge is -2.36. The van der Waals surface area contributed by atoms with Crippen molar-refractivity contribution in [2.24, 2.45) is 0 Å². The molecule has 0 spiro atoms. The van der Waals surface area contributed by atoms with Crippen molar-refractivity contribution in [2.45, 2.75) is 24.9 Å². The lowest BCUT2D eigenvalue weighted by Crippen LogP contribution is -2.52. The zero-order valence-electron chi connectivity index (χ0n) is 13.6. The van der Waals surface area contributed by atoms with Crippen molar-refractivity contribution in [3.63, 3.8) is 0 Å². The number of carbonyl (C=O) groups excluding carboxylic acids is 1. The molecule has 2 fully saturated rings. The molecular weight excluding hydrogens is 378 g/mol. The first-order valence-corrected chi connectivity index (χ1v) is 7.80. The minimum Gasteiger partial charge on any atom is -0.339 e.